The molecule has 0 aliphatic carbocycles. The van der Waals surface area contributed by atoms with Crippen LogP contribution in [0.4, 0.5) is 4.39 Å². The molecule has 0 aliphatic rings. The van der Waals surface area contributed by atoms with Gasteiger partial charge in [-0.15, -0.1) is 0 Å². The highest BCUT2D eigenvalue weighted by Crippen LogP contribution is 2.16. The average molecular weight is 239 g/mol. The lowest BCUT2D eigenvalue weighted by molar-refractivity contribution is -0.140. The Labute approximate surface area is 101 Å². The Bertz CT molecular complexity index is 404. The minimum absolute atomic E-state index is 0.225. The summed E-state index contributed by atoms with van der Waals surface area (Å²) in [7, 11) is 1.48. The van der Waals surface area contributed by atoms with Crippen LogP contribution in [0.3, 0.4) is 0 Å². The van der Waals surface area contributed by atoms with E-state index < -0.39 is 5.60 Å². The second kappa shape index (κ2) is 5.27. The van der Waals surface area contributed by atoms with Gasteiger partial charge in [-0.05, 0) is 38.5 Å². The number of benzene rings is 1. The van der Waals surface area contributed by atoms with Gasteiger partial charge < -0.3 is 10.1 Å². The molecule has 0 radical (unpaired) electrons. The van der Waals surface area contributed by atoms with Gasteiger partial charge in [-0.25, -0.2) is 4.39 Å². The molecule has 94 valence electrons. The minimum Gasteiger partial charge on any atom is -0.369 e. The van der Waals surface area contributed by atoms with Crippen LogP contribution in [0.1, 0.15) is 32.4 Å². The molecule has 0 saturated carbocycles. The van der Waals surface area contributed by atoms with Crippen molar-refractivity contribution in [1.29, 1.82) is 0 Å². The van der Waals surface area contributed by atoms with Crippen LogP contribution in [-0.4, -0.2) is 18.6 Å². The van der Waals surface area contributed by atoms with Gasteiger partial charge in [0, 0.05) is 7.11 Å². The molecule has 4 heteroatoms. The molecule has 0 aliphatic heterocycles. The van der Waals surface area contributed by atoms with Gasteiger partial charge in [0.25, 0.3) is 5.91 Å². The predicted molar refractivity (Wildman–Crippen MR) is 64.0 cm³/mol. The van der Waals surface area contributed by atoms with Gasteiger partial charge >= 0.3 is 0 Å². The van der Waals surface area contributed by atoms with Gasteiger partial charge in [0.1, 0.15) is 11.4 Å². The summed E-state index contributed by atoms with van der Waals surface area (Å²) in [6, 6.07) is 5.91. The van der Waals surface area contributed by atoms with E-state index in [1.807, 2.05) is 0 Å². The molecule has 3 nitrogen and oxygen atoms in total. The Morgan fingerprint density at radius 3 is 2.65 bits per heavy atom. The minimum atomic E-state index is -0.887. The van der Waals surface area contributed by atoms with Crippen LogP contribution in [-0.2, 0) is 9.53 Å². The van der Waals surface area contributed by atoms with E-state index in [0.717, 1.165) is 5.56 Å². The Balaban J connectivity index is 2.73. The van der Waals surface area contributed by atoms with Crippen LogP contribution >= 0.6 is 0 Å². The summed E-state index contributed by atoms with van der Waals surface area (Å²) in [4.78, 5) is 11.8. The molecule has 0 unspecified atom stereocenters. The van der Waals surface area contributed by atoms with Crippen molar-refractivity contribution in [3.8, 4) is 0 Å². The highest BCUT2D eigenvalue weighted by atomic mass is 19.1. The van der Waals surface area contributed by atoms with Gasteiger partial charge in [-0.3, -0.25) is 4.79 Å². The van der Waals surface area contributed by atoms with Crippen LogP contribution < -0.4 is 5.32 Å². The number of nitrogens with one attached hydrogen (secondary N) is 1. The Kier molecular flexibility index (Phi) is 4.23. The highest BCUT2D eigenvalue weighted by Gasteiger charge is 2.28. The molecule has 1 atom stereocenters. The molecule has 1 N–H and O–H groups in total. The molecule has 0 spiro atoms. The van der Waals surface area contributed by atoms with Crippen molar-refractivity contribution in [3.63, 3.8) is 0 Å². The summed E-state index contributed by atoms with van der Waals surface area (Å²) in [5.74, 6) is -0.536. The van der Waals surface area contributed by atoms with Crippen molar-refractivity contribution in [2.45, 2.75) is 32.4 Å². The first-order chi connectivity index (χ1) is 7.86. The number of amides is 1. The molecule has 0 bridgehead atoms. The maximum Gasteiger partial charge on any atom is 0.252 e. The van der Waals surface area contributed by atoms with E-state index in [1.54, 1.807) is 32.9 Å². The van der Waals surface area contributed by atoms with E-state index >= 15 is 0 Å². The number of halogens is 1. The number of hydrogen-bond acceptors (Lipinski definition) is 2. The summed E-state index contributed by atoms with van der Waals surface area (Å²) < 4.78 is 18.1. The Hall–Kier alpha value is -1.42. The summed E-state index contributed by atoms with van der Waals surface area (Å²) >= 11 is 0. The first kappa shape index (κ1) is 13.6. The van der Waals surface area contributed by atoms with Crippen molar-refractivity contribution in [2.75, 3.05) is 7.11 Å². The van der Waals surface area contributed by atoms with E-state index in [9.17, 15) is 9.18 Å². The Morgan fingerprint density at radius 1 is 1.47 bits per heavy atom. The molecular formula is C13H18FNO2. The molecule has 1 aromatic carbocycles. The molecule has 0 heterocycles. The number of rotatable bonds is 4. The first-order valence-corrected chi connectivity index (χ1v) is 5.48. The molecule has 1 amide bonds. The van der Waals surface area contributed by atoms with E-state index in [1.165, 1.54) is 19.2 Å². The highest BCUT2D eigenvalue weighted by molar-refractivity contribution is 5.84. The zero-order chi connectivity index (χ0) is 13.1. The van der Waals surface area contributed by atoms with Gasteiger partial charge in [-0.2, -0.15) is 0 Å². The number of ether oxygens (including phenoxy) is 1. The monoisotopic (exact) mass is 239 g/mol. The fraction of sp³-hybridized carbons (Fsp3) is 0.462. The number of hydrogen-bond donors (Lipinski definition) is 1. The third-order valence-electron chi connectivity index (χ3n) is 2.75. The van der Waals surface area contributed by atoms with Gasteiger partial charge in [0.15, 0.2) is 0 Å². The van der Waals surface area contributed by atoms with E-state index in [2.05, 4.69) is 5.32 Å². The normalized spacial score (nSPS) is 13.2. The molecule has 0 fully saturated rings. The standard InChI is InChI=1S/C13H18FNO2/c1-9(10-6-5-7-11(14)8-10)15-12(16)13(2,3)17-4/h5-9H,1-4H3,(H,15,16)/t9-/m1/s1. The van der Waals surface area contributed by atoms with Gasteiger partial charge in [0.05, 0.1) is 6.04 Å². The van der Waals surface area contributed by atoms with Crippen LogP contribution in [0, 0.1) is 5.82 Å². The first-order valence-electron chi connectivity index (χ1n) is 5.48. The van der Waals surface area contributed by atoms with Crippen molar-refractivity contribution in [1.82, 2.24) is 5.32 Å². The van der Waals surface area contributed by atoms with Crippen LogP contribution in [0.5, 0.6) is 0 Å². The van der Waals surface area contributed by atoms with Crippen LogP contribution in [0.25, 0.3) is 0 Å². The van der Waals surface area contributed by atoms with Crippen molar-refractivity contribution in [3.05, 3.63) is 35.6 Å². The largest absolute Gasteiger partial charge is 0.369 e. The molecule has 1 aromatic rings. The fourth-order valence-corrected chi connectivity index (χ4v) is 1.32. The van der Waals surface area contributed by atoms with E-state index in [4.69, 9.17) is 4.74 Å². The van der Waals surface area contributed by atoms with Crippen molar-refractivity contribution >= 4 is 5.91 Å². The fourth-order valence-electron chi connectivity index (χ4n) is 1.32. The molecular weight excluding hydrogens is 221 g/mol. The third kappa shape index (κ3) is 3.53. The summed E-state index contributed by atoms with van der Waals surface area (Å²) in [6.45, 7) is 5.17. The quantitative estimate of drug-likeness (QED) is 0.876. The number of methoxy groups -OCH3 is 1. The number of carbonyl (C=O) groups excluding carboxylic acids is 1. The van der Waals surface area contributed by atoms with Crippen molar-refractivity contribution < 1.29 is 13.9 Å². The van der Waals surface area contributed by atoms with Crippen LogP contribution in [0.2, 0.25) is 0 Å². The lowest BCUT2D eigenvalue weighted by atomic mass is 10.1. The van der Waals surface area contributed by atoms with E-state index in [0.29, 0.717) is 0 Å². The summed E-state index contributed by atoms with van der Waals surface area (Å²) in [6.07, 6.45) is 0. The molecule has 17 heavy (non-hydrogen) atoms. The zero-order valence-electron chi connectivity index (χ0n) is 10.6. The number of carbonyl (C=O) groups is 1. The van der Waals surface area contributed by atoms with Gasteiger partial charge in [-0.1, -0.05) is 12.1 Å². The lowest BCUT2D eigenvalue weighted by Crippen LogP contribution is -2.44. The summed E-state index contributed by atoms with van der Waals surface area (Å²) in [5.41, 5.74) is -0.160. The third-order valence-corrected chi connectivity index (χ3v) is 2.75. The van der Waals surface area contributed by atoms with Gasteiger partial charge in [0.2, 0.25) is 0 Å². The average Bonchev–Trinajstić information content (AvgIpc) is 2.28. The SMILES string of the molecule is COC(C)(C)C(=O)N[C@H](C)c1cccc(F)c1. The summed E-state index contributed by atoms with van der Waals surface area (Å²) in [5, 5.41) is 2.78. The topological polar surface area (TPSA) is 38.3 Å². The van der Waals surface area contributed by atoms with Crippen LogP contribution in [0.15, 0.2) is 24.3 Å². The predicted octanol–water partition coefficient (Wildman–Crippen LogP) is 2.43. The second-order valence-electron chi connectivity index (χ2n) is 4.46. The molecule has 1 rings (SSSR count). The Morgan fingerprint density at radius 2 is 2.12 bits per heavy atom. The van der Waals surface area contributed by atoms with Crippen molar-refractivity contribution in [2.24, 2.45) is 0 Å². The lowest BCUT2D eigenvalue weighted by Gasteiger charge is -2.24. The maximum atomic E-state index is 13.0. The van der Waals surface area contributed by atoms with E-state index in [-0.39, 0.29) is 17.8 Å². The molecule has 0 saturated heterocycles. The smallest absolute Gasteiger partial charge is 0.252 e. The maximum absolute atomic E-state index is 13.0. The zero-order valence-corrected chi connectivity index (χ0v) is 10.6. The molecule has 0 aromatic heterocycles. The second-order valence-corrected chi connectivity index (χ2v) is 4.46.